The van der Waals surface area contributed by atoms with Crippen LogP contribution >= 0.6 is 0 Å². The highest BCUT2D eigenvalue weighted by Crippen LogP contribution is 2.69. The van der Waals surface area contributed by atoms with Crippen LogP contribution in [0.15, 0.2) is 42.6 Å². The molecule has 2 heterocycles. The number of nitrogens with one attached hydrogen (secondary N) is 1. The highest BCUT2D eigenvalue weighted by Gasteiger charge is 2.65. The number of benzene rings is 1. The molecule has 0 radical (unpaired) electrons. The summed E-state index contributed by atoms with van der Waals surface area (Å²) in [5.41, 5.74) is 2.00. The molecule has 33 heavy (non-hydrogen) atoms. The average molecular weight is 450 g/mol. The summed E-state index contributed by atoms with van der Waals surface area (Å²) in [4.78, 5) is 17.1. The first-order valence-electron chi connectivity index (χ1n) is 11.0. The van der Waals surface area contributed by atoms with Crippen molar-refractivity contribution in [2.24, 2.45) is 5.41 Å². The van der Waals surface area contributed by atoms with Crippen LogP contribution in [0, 0.1) is 17.0 Å². The third-order valence-corrected chi connectivity index (χ3v) is 7.46. The Balaban J connectivity index is 1.63. The molecule has 0 unspecified atom stereocenters. The van der Waals surface area contributed by atoms with Crippen LogP contribution in [0.3, 0.4) is 0 Å². The fraction of sp³-hybridized carbons (Fsp3) is 0.360. The first-order chi connectivity index (χ1) is 15.8. The zero-order valence-corrected chi connectivity index (χ0v) is 18.4. The highest BCUT2D eigenvalue weighted by molar-refractivity contribution is 5.94. The van der Waals surface area contributed by atoms with Crippen LogP contribution in [-0.4, -0.2) is 39.3 Å². The SMILES string of the molecule is CC1(C)[C@H]2CC[C@@]1(c1cc(C(=O)NCCO)ccn1)c1nnc(-c3c(F)cccc3F)cc12. The number of aliphatic hydroxyl groups excluding tert-OH is 1. The standard InChI is InChI=1S/C25H24F2N4O2/c1-24(2)16-6-8-25(24,20-12-14(7-9-28-20)23(33)29-10-11-32)22-15(16)13-19(30-31-22)21-17(26)4-3-5-18(21)27/h3-5,7,9,12-13,16,32H,6,8,10-11H2,1-2H3,(H,29,33)/t16-,25+/m0/s1. The first-order valence-corrected chi connectivity index (χ1v) is 11.0. The summed E-state index contributed by atoms with van der Waals surface area (Å²) in [5, 5.41) is 20.4. The lowest BCUT2D eigenvalue weighted by molar-refractivity contribution is 0.0944. The Morgan fingerprint density at radius 2 is 1.94 bits per heavy atom. The van der Waals surface area contributed by atoms with E-state index in [1.807, 2.05) is 0 Å². The van der Waals surface area contributed by atoms with Crippen molar-refractivity contribution >= 4 is 5.91 Å². The van der Waals surface area contributed by atoms with Crippen LogP contribution < -0.4 is 5.32 Å². The summed E-state index contributed by atoms with van der Waals surface area (Å²) in [6.07, 6.45) is 3.26. The Bertz CT molecular complexity index is 1240. The van der Waals surface area contributed by atoms with Gasteiger partial charge in [-0.2, -0.15) is 5.10 Å². The van der Waals surface area contributed by atoms with Crippen LogP contribution in [0.25, 0.3) is 11.3 Å². The summed E-state index contributed by atoms with van der Waals surface area (Å²) in [6, 6.07) is 8.92. The maximum Gasteiger partial charge on any atom is 0.251 e. The fourth-order valence-electron chi connectivity index (χ4n) is 5.83. The van der Waals surface area contributed by atoms with Gasteiger partial charge in [0.05, 0.1) is 34.7 Å². The van der Waals surface area contributed by atoms with Gasteiger partial charge in [-0.25, -0.2) is 8.78 Å². The molecule has 0 aliphatic heterocycles. The van der Waals surface area contributed by atoms with Gasteiger partial charge < -0.3 is 10.4 Å². The van der Waals surface area contributed by atoms with Crippen molar-refractivity contribution in [1.29, 1.82) is 0 Å². The van der Waals surface area contributed by atoms with Crippen molar-refractivity contribution in [3.8, 4) is 11.3 Å². The Morgan fingerprint density at radius 1 is 1.18 bits per heavy atom. The highest BCUT2D eigenvalue weighted by atomic mass is 19.1. The molecule has 2 bridgehead atoms. The fourth-order valence-corrected chi connectivity index (χ4v) is 5.83. The second-order valence-corrected chi connectivity index (χ2v) is 9.26. The second-order valence-electron chi connectivity index (χ2n) is 9.26. The number of hydrogen-bond acceptors (Lipinski definition) is 5. The topological polar surface area (TPSA) is 88.0 Å². The Kier molecular flexibility index (Phi) is 5.01. The number of hydrogen-bond donors (Lipinski definition) is 2. The van der Waals surface area contributed by atoms with E-state index in [0.717, 1.165) is 29.8 Å². The van der Waals surface area contributed by atoms with Crippen molar-refractivity contribution in [2.75, 3.05) is 13.2 Å². The molecule has 1 saturated carbocycles. The van der Waals surface area contributed by atoms with E-state index in [1.165, 1.54) is 18.2 Å². The number of halogens is 2. The van der Waals surface area contributed by atoms with E-state index >= 15 is 0 Å². The third kappa shape index (κ3) is 3.00. The molecule has 3 aromatic rings. The number of rotatable bonds is 5. The van der Waals surface area contributed by atoms with Gasteiger partial charge in [-0.3, -0.25) is 9.78 Å². The molecular formula is C25H24F2N4O2. The zero-order chi connectivity index (χ0) is 23.4. The lowest BCUT2D eigenvalue weighted by atomic mass is 9.66. The van der Waals surface area contributed by atoms with E-state index in [2.05, 4.69) is 34.3 Å². The normalized spacial score (nSPS) is 22.3. The van der Waals surface area contributed by atoms with Gasteiger partial charge in [-0.05, 0) is 60.1 Å². The average Bonchev–Trinajstić information content (AvgIpc) is 3.18. The van der Waals surface area contributed by atoms with Crippen LogP contribution in [0.2, 0.25) is 0 Å². The number of carbonyl (C=O) groups excluding carboxylic acids is 1. The maximum absolute atomic E-state index is 14.4. The zero-order valence-electron chi connectivity index (χ0n) is 18.4. The summed E-state index contributed by atoms with van der Waals surface area (Å²) < 4.78 is 28.8. The van der Waals surface area contributed by atoms with Gasteiger partial charge in [-0.1, -0.05) is 19.9 Å². The maximum atomic E-state index is 14.4. The predicted octanol–water partition coefficient (Wildman–Crippen LogP) is 3.74. The molecule has 1 fully saturated rings. The summed E-state index contributed by atoms with van der Waals surface area (Å²) in [5.74, 6) is -1.52. The van der Waals surface area contributed by atoms with Crippen LogP contribution in [0.1, 0.15) is 59.9 Å². The van der Waals surface area contributed by atoms with Gasteiger partial charge in [-0.15, -0.1) is 5.10 Å². The molecule has 8 heteroatoms. The molecule has 2 atom stereocenters. The van der Waals surface area contributed by atoms with Gasteiger partial charge in [0.15, 0.2) is 0 Å². The molecule has 0 spiro atoms. The number of aliphatic hydroxyl groups is 1. The summed E-state index contributed by atoms with van der Waals surface area (Å²) in [6.45, 7) is 4.32. The van der Waals surface area contributed by atoms with Crippen molar-refractivity contribution < 1.29 is 18.7 Å². The molecular weight excluding hydrogens is 426 g/mol. The van der Waals surface area contributed by atoms with Crippen LogP contribution in [-0.2, 0) is 5.41 Å². The van der Waals surface area contributed by atoms with E-state index < -0.39 is 17.0 Å². The van der Waals surface area contributed by atoms with Gasteiger partial charge in [0.2, 0.25) is 0 Å². The van der Waals surface area contributed by atoms with Gasteiger partial charge in [0.25, 0.3) is 5.91 Å². The van der Waals surface area contributed by atoms with Crippen LogP contribution in [0.4, 0.5) is 8.78 Å². The molecule has 2 aliphatic carbocycles. The number of carbonyl (C=O) groups is 1. The molecule has 5 rings (SSSR count). The molecule has 170 valence electrons. The largest absolute Gasteiger partial charge is 0.395 e. The van der Waals surface area contributed by atoms with E-state index in [-0.39, 0.29) is 41.6 Å². The minimum absolute atomic E-state index is 0.116. The Morgan fingerprint density at radius 3 is 2.67 bits per heavy atom. The summed E-state index contributed by atoms with van der Waals surface area (Å²) >= 11 is 0. The molecule has 6 nitrogen and oxygen atoms in total. The molecule has 2 N–H and O–H groups in total. The van der Waals surface area contributed by atoms with E-state index in [4.69, 9.17) is 5.11 Å². The molecule has 1 amide bonds. The first kappa shape index (κ1) is 21.6. The Hall–Kier alpha value is -3.26. The lowest BCUT2D eigenvalue weighted by Gasteiger charge is -2.37. The van der Waals surface area contributed by atoms with Gasteiger partial charge >= 0.3 is 0 Å². The van der Waals surface area contributed by atoms with Crippen molar-refractivity contribution in [2.45, 2.75) is 38.0 Å². The predicted molar refractivity (Wildman–Crippen MR) is 118 cm³/mol. The minimum Gasteiger partial charge on any atom is -0.395 e. The van der Waals surface area contributed by atoms with Gasteiger partial charge in [0, 0.05) is 18.3 Å². The number of nitrogens with zero attached hydrogens (tertiary/aromatic N) is 3. The number of aromatic nitrogens is 3. The van der Waals surface area contributed by atoms with Crippen molar-refractivity contribution in [3.05, 3.63) is 76.7 Å². The molecule has 2 aromatic heterocycles. The van der Waals surface area contributed by atoms with Crippen LogP contribution in [0.5, 0.6) is 0 Å². The lowest BCUT2D eigenvalue weighted by Crippen LogP contribution is -2.38. The molecule has 1 aromatic carbocycles. The van der Waals surface area contributed by atoms with E-state index in [9.17, 15) is 13.6 Å². The minimum atomic E-state index is -0.676. The van der Waals surface area contributed by atoms with E-state index in [1.54, 1.807) is 24.4 Å². The summed E-state index contributed by atoms with van der Waals surface area (Å²) in [7, 11) is 0. The van der Waals surface area contributed by atoms with Crippen molar-refractivity contribution in [1.82, 2.24) is 20.5 Å². The Labute approximate surface area is 190 Å². The second kappa shape index (κ2) is 7.66. The van der Waals surface area contributed by atoms with Crippen molar-refractivity contribution in [3.63, 3.8) is 0 Å². The quantitative estimate of drug-likeness (QED) is 0.618. The monoisotopic (exact) mass is 450 g/mol. The number of amides is 1. The van der Waals surface area contributed by atoms with Gasteiger partial charge in [0.1, 0.15) is 11.6 Å². The number of pyridine rings is 1. The third-order valence-electron chi connectivity index (χ3n) is 7.46. The molecule has 2 aliphatic rings. The smallest absolute Gasteiger partial charge is 0.251 e. The van der Waals surface area contributed by atoms with E-state index in [0.29, 0.717) is 5.56 Å². The number of fused-ring (bicyclic) bond motifs is 5. The molecule has 0 saturated heterocycles.